The van der Waals surface area contributed by atoms with Gasteiger partial charge in [0.15, 0.2) is 0 Å². The second kappa shape index (κ2) is 4.44. The summed E-state index contributed by atoms with van der Waals surface area (Å²) in [4.78, 5) is 17.8. The van der Waals surface area contributed by atoms with E-state index >= 15 is 0 Å². The van der Waals surface area contributed by atoms with Crippen LogP contribution in [0.4, 0.5) is 0 Å². The second-order valence-electron chi connectivity index (χ2n) is 4.87. The number of likely N-dealkylation sites (tertiary alicyclic amines) is 1. The average Bonchev–Trinajstić information content (AvgIpc) is 2.80. The van der Waals surface area contributed by atoms with Gasteiger partial charge in [-0.05, 0) is 26.7 Å². The van der Waals surface area contributed by atoms with Crippen molar-refractivity contribution in [3.05, 3.63) is 12.7 Å². The van der Waals surface area contributed by atoms with E-state index in [-0.39, 0.29) is 11.9 Å². The van der Waals surface area contributed by atoms with E-state index in [1.54, 1.807) is 15.9 Å². The molecule has 1 unspecified atom stereocenters. The van der Waals surface area contributed by atoms with Gasteiger partial charge in [0.05, 0.1) is 5.60 Å². The lowest BCUT2D eigenvalue weighted by atomic mass is 9.93. The molecule has 1 N–H and O–H groups in total. The molecule has 6 nitrogen and oxygen atoms in total. The van der Waals surface area contributed by atoms with Gasteiger partial charge in [0.25, 0.3) is 0 Å². The van der Waals surface area contributed by atoms with Crippen LogP contribution in [0.3, 0.4) is 0 Å². The summed E-state index contributed by atoms with van der Waals surface area (Å²) < 4.78 is 1.55. The fourth-order valence-electron chi connectivity index (χ4n) is 2.00. The largest absolute Gasteiger partial charge is 0.390 e. The van der Waals surface area contributed by atoms with Crippen LogP contribution in [0.2, 0.25) is 0 Å². The van der Waals surface area contributed by atoms with Gasteiger partial charge in [0.2, 0.25) is 5.91 Å². The highest BCUT2D eigenvalue weighted by Gasteiger charge is 2.31. The Morgan fingerprint density at radius 3 is 2.65 bits per heavy atom. The molecule has 94 valence electrons. The number of aromatic nitrogens is 3. The summed E-state index contributed by atoms with van der Waals surface area (Å²) in [5.74, 6) is 0.0333. The summed E-state index contributed by atoms with van der Waals surface area (Å²) in [6.45, 7) is 4.83. The molecule has 0 radical (unpaired) electrons. The number of amides is 1. The Labute approximate surface area is 100 Å². The molecular weight excluding hydrogens is 220 g/mol. The minimum Gasteiger partial charge on any atom is -0.390 e. The molecule has 1 aliphatic heterocycles. The number of rotatable bonds is 2. The normalized spacial score (nSPS) is 21.2. The van der Waals surface area contributed by atoms with E-state index in [4.69, 9.17) is 0 Å². The minimum atomic E-state index is -0.632. The maximum atomic E-state index is 12.2. The van der Waals surface area contributed by atoms with Gasteiger partial charge in [-0.2, -0.15) is 5.10 Å². The van der Waals surface area contributed by atoms with Gasteiger partial charge in [-0.25, -0.2) is 9.67 Å². The highest BCUT2D eigenvalue weighted by molar-refractivity contribution is 5.80. The van der Waals surface area contributed by atoms with E-state index in [1.807, 2.05) is 13.8 Å². The fraction of sp³-hybridized carbons (Fsp3) is 0.727. The Hall–Kier alpha value is -1.43. The number of nitrogens with zero attached hydrogens (tertiary/aromatic N) is 4. The number of aliphatic hydroxyl groups is 1. The molecule has 0 saturated carbocycles. The van der Waals surface area contributed by atoms with Crippen molar-refractivity contribution in [3.63, 3.8) is 0 Å². The summed E-state index contributed by atoms with van der Waals surface area (Å²) in [7, 11) is 0. The molecule has 0 aromatic carbocycles. The van der Waals surface area contributed by atoms with E-state index in [1.165, 1.54) is 6.33 Å². The first-order valence-electron chi connectivity index (χ1n) is 5.85. The molecule has 0 bridgehead atoms. The molecule has 2 heterocycles. The Bertz CT molecular complexity index is 378. The van der Waals surface area contributed by atoms with Gasteiger partial charge in [-0.3, -0.25) is 4.79 Å². The van der Waals surface area contributed by atoms with Crippen LogP contribution in [0, 0.1) is 0 Å². The third kappa shape index (κ3) is 2.63. The molecule has 17 heavy (non-hydrogen) atoms. The van der Waals surface area contributed by atoms with Crippen LogP contribution in [0.5, 0.6) is 0 Å². The second-order valence-corrected chi connectivity index (χ2v) is 4.87. The van der Waals surface area contributed by atoms with Crippen molar-refractivity contribution in [1.82, 2.24) is 19.7 Å². The van der Waals surface area contributed by atoms with Crippen molar-refractivity contribution >= 4 is 5.91 Å². The van der Waals surface area contributed by atoms with Crippen molar-refractivity contribution in [2.24, 2.45) is 0 Å². The Morgan fingerprint density at radius 2 is 2.12 bits per heavy atom. The third-order valence-electron chi connectivity index (χ3n) is 3.34. The highest BCUT2D eigenvalue weighted by atomic mass is 16.3. The first-order valence-corrected chi connectivity index (χ1v) is 5.85. The van der Waals surface area contributed by atoms with Crippen LogP contribution in [-0.4, -0.2) is 49.4 Å². The smallest absolute Gasteiger partial charge is 0.247 e. The number of carbonyl (C=O) groups excluding carboxylic acids is 1. The maximum absolute atomic E-state index is 12.2. The SMILES string of the molecule is CC(C(=O)N1CCC(C)(O)CC1)n1cncn1. The Balaban J connectivity index is 1.97. The molecule has 0 spiro atoms. The van der Waals surface area contributed by atoms with Crippen LogP contribution < -0.4 is 0 Å². The number of piperidine rings is 1. The van der Waals surface area contributed by atoms with Gasteiger partial charge >= 0.3 is 0 Å². The monoisotopic (exact) mass is 238 g/mol. The van der Waals surface area contributed by atoms with Crippen LogP contribution in [-0.2, 0) is 4.79 Å². The van der Waals surface area contributed by atoms with Gasteiger partial charge in [0.1, 0.15) is 18.7 Å². The lowest BCUT2D eigenvalue weighted by Crippen LogP contribution is -2.47. The van der Waals surface area contributed by atoms with Gasteiger partial charge < -0.3 is 10.0 Å². The van der Waals surface area contributed by atoms with E-state index in [0.29, 0.717) is 25.9 Å². The molecule has 2 rings (SSSR count). The zero-order chi connectivity index (χ0) is 12.5. The van der Waals surface area contributed by atoms with Gasteiger partial charge in [0, 0.05) is 13.1 Å². The average molecular weight is 238 g/mol. The lowest BCUT2D eigenvalue weighted by Gasteiger charge is -2.36. The molecule has 1 amide bonds. The molecule has 1 aromatic rings. The summed E-state index contributed by atoms with van der Waals surface area (Å²) in [6.07, 6.45) is 4.22. The van der Waals surface area contributed by atoms with E-state index < -0.39 is 5.60 Å². The summed E-state index contributed by atoms with van der Waals surface area (Å²) in [5.41, 5.74) is -0.632. The first-order chi connectivity index (χ1) is 7.99. The number of hydrogen-bond acceptors (Lipinski definition) is 4. The molecule has 1 aromatic heterocycles. The zero-order valence-corrected chi connectivity index (χ0v) is 10.2. The van der Waals surface area contributed by atoms with E-state index in [2.05, 4.69) is 10.1 Å². The van der Waals surface area contributed by atoms with Crippen LogP contribution in [0.15, 0.2) is 12.7 Å². The molecule has 1 fully saturated rings. The third-order valence-corrected chi connectivity index (χ3v) is 3.34. The van der Waals surface area contributed by atoms with Crippen LogP contribution in [0.1, 0.15) is 32.7 Å². The number of carbonyl (C=O) groups is 1. The van der Waals surface area contributed by atoms with E-state index in [0.717, 1.165) is 0 Å². The fourth-order valence-corrected chi connectivity index (χ4v) is 2.00. The predicted molar refractivity (Wildman–Crippen MR) is 61.2 cm³/mol. The quantitative estimate of drug-likeness (QED) is 0.799. The standard InChI is InChI=1S/C11H18N4O2/c1-9(15-8-12-7-13-15)10(16)14-5-3-11(2,17)4-6-14/h7-9,17H,3-6H2,1-2H3. The predicted octanol–water partition coefficient (Wildman–Crippen LogP) is 0.212. The zero-order valence-electron chi connectivity index (χ0n) is 10.2. The molecule has 1 saturated heterocycles. The maximum Gasteiger partial charge on any atom is 0.247 e. The number of hydrogen-bond donors (Lipinski definition) is 1. The molecule has 0 aliphatic carbocycles. The van der Waals surface area contributed by atoms with Crippen molar-refractivity contribution in [1.29, 1.82) is 0 Å². The van der Waals surface area contributed by atoms with Crippen LogP contribution in [0.25, 0.3) is 0 Å². The first kappa shape index (κ1) is 12.0. The molecule has 6 heteroatoms. The van der Waals surface area contributed by atoms with E-state index in [9.17, 15) is 9.90 Å². The van der Waals surface area contributed by atoms with Crippen molar-refractivity contribution < 1.29 is 9.90 Å². The molecule has 1 aliphatic rings. The summed E-state index contributed by atoms with van der Waals surface area (Å²) in [6, 6.07) is -0.333. The summed E-state index contributed by atoms with van der Waals surface area (Å²) >= 11 is 0. The highest BCUT2D eigenvalue weighted by Crippen LogP contribution is 2.22. The van der Waals surface area contributed by atoms with Gasteiger partial charge in [-0.1, -0.05) is 0 Å². The molecule has 1 atom stereocenters. The molecular formula is C11H18N4O2. The Kier molecular flexibility index (Phi) is 3.15. The van der Waals surface area contributed by atoms with Crippen LogP contribution >= 0.6 is 0 Å². The van der Waals surface area contributed by atoms with Crippen molar-refractivity contribution in [2.75, 3.05) is 13.1 Å². The van der Waals surface area contributed by atoms with Crippen molar-refractivity contribution in [3.8, 4) is 0 Å². The van der Waals surface area contributed by atoms with Gasteiger partial charge in [-0.15, -0.1) is 0 Å². The Morgan fingerprint density at radius 1 is 1.47 bits per heavy atom. The lowest BCUT2D eigenvalue weighted by molar-refractivity contribution is -0.138. The van der Waals surface area contributed by atoms with Crippen molar-refractivity contribution in [2.45, 2.75) is 38.3 Å². The topological polar surface area (TPSA) is 71.2 Å². The minimum absolute atomic E-state index is 0.0333. The summed E-state index contributed by atoms with van der Waals surface area (Å²) in [5, 5.41) is 13.8.